The van der Waals surface area contributed by atoms with Crippen LogP contribution < -0.4 is 5.32 Å². The molecule has 0 atom stereocenters. The third kappa shape index (κ3) is 4.49. The van der Waals surface area contributed by atoms with E-state index in [1.165, 1.54) is 6.08 Å². The number of nitrogens with zero attached hydrogens (tertiary/aromatic N) is 2. The molecule has 0 aliphatic rings. The van der Waals surface area contributed by atoms with Crippen molar-refractivity contribution in [2.24, 2.45) is 0 Å². The molecule has 3 aromatic rings. The van der Waals surface area contributed by atoms with Gasteiger partial charge in [-0.15, -0.1) is 0 Å². The molecule has 0 fully saturated rings. The topological polar surface area (TPSA) is 64.1 Å². The Hall–Kier alpha value is -3.05. The van der Waals surface area contributed by atoms with Gasteiger partial charge in [0.2, 0.25) is 5.91 Å². The molecular weight excluding hydrogens is 314 g/mol. The van der Waals surface area contributed by atoms with Crippen LogP contribution in [-0.4, -0.2) is 23.0 Å². The first-order valence-corrected chi connectivity index (χ1v) is 7.99. The van der Waals surface area contributed by atoms with Gasteiger partial charge in [-0.25, -0.2) is 4.98 Å². The molecule has 0 radical (unpaired) electrons. The van der Waals surface area contributed by atoms with E-state index in [0.29, 0.717) is 18.8 Å². The summed E-state index contributed by atoms with van der Waals surface area (Å²) in [6.07, 6.45) is 4.79. The first-order valence-electron chi connectivity index (χ1n) is 7.99. The van der Waals surface area contributed by atoms with Crippen LogP contribution in [0.1, 0.15) is 16.8 Å². The molecule has 1 heterocycles. The quantitative estimate of drug-likeness (QED) is 0.704. The number of hydrogen-bond acceptors (Lipinski definition) is 4. The number of benzene rings is 2. The van der Waals surface area contributed by atoms with E-state index in [4.69, 9.17) is 4.74 Å². The monoisotopic (exact) mass is 333 g/mol. The summed E-state index contributed by atoms with van der Waals surface area (Å²) >= 11 is 0. The summed E-state index contributed by atoms with van der Waals surface area (Å²) in [7, 11) is 1.66. The molecule has 0 saturated heterocycles. The Morgan fingerprint density at radius 1 is 1.08 bits per heavy atom. The van der Waals surface area contributed by atoms with Gasteiger partial charge in [-0.05, 0) is 29.3 Å². The van der Waals surface area contributed by atoms with Crippen LogP contribution >= 0.6 is 0 Å². The predicted octanol–water partition coefficient (Wildman–Crippen LogP) is 3.11. The minimum Gasteiger partial charge on any atom is -0.380 e. The Morgan fingerprint density at radius 3 is 2.60 bits per heavy atom. The van der Waals surface area contributed by atoms with E-state index in [0.717, 1.165) is 22.2 Å². The largest absolute Gasteiger partial charge is 0.380 e. The highest BCUT2D eigenvalue weighted by molar-refractivity contribution is 5.91. The maximum Gasteiger partial charge on any atom is 0.244 e. The molecule has 5 heteroatoms. The molecular formula is C20H19N3O2. The summed E-state index contributed by atoms with van der Waals surface area (Å²) in [5.74, 6) is -0.179. The van der Waals surface area contributed by atoms with Crippen molar-refractivity contribution in [3.05, 3.63) is 77.6 Å². The second-order valence-electron chi connectivity index (χ2n) is 5.54. The van der Waals surface area contributed by atoms with E-state index >= 15 is 0 Å². The zero-order chi connectivity index (χ0) is 17.5. The molecule has 2 aromatic carbocycles. The highest BCUT2D eigenvalue weighted by Crippen LogP contribution is 2.10. The number of carbonyl (C=O) groups excluding carboxylic acids is 1. The maximum atomic E-state index is 12.0. The Balaban J connectivity index is 1.62. The SMILES string of the molecule is COCc1ccccc1CNC(=O)/C=C/c1cnc2ccccc2n1. The number of amides is 1. The molecule has 0 aliphatic heterocycles. The Morgan fingerprint density at radius 2 is 1.80 bits per heavy atom. The molecule has 0 aliphatic carbocycles. The second kappa shape index (κ2) is 8.17. The lowest BCUT2D eigenvalue weighted by Crippen LogP contribution is -2.21. The van der Waals surface area contributed by atoms with Gasteiger partial charge in [-0.2, -0.15) is 0 Å². The van der Waals surface area contributed by atoms with Crippen LogP contribution in [0.2, 0.25) is 0 Å². The normalized spacial score (nSPS) is 11.1. The smallest absolute Gasteiger partial charge is 0.244 e. The molecule has 1 amide bonds. The van der Waals surface area contributed by atoms with Gasteiger partial charge in [0.05, 0.1) is 29.5 Å². The first-order chi connectivity index (χ1) is 12.3. The van der Waals surface area contributed by atoms with E-state index in [1.807, 2.05) is 48.5 Å². The Kier molecular flexibility index (Phi) is 5.49. The molecule has 0 spiro atoms. The van der Waals surface area contributed by atoms with Crippen LogP contribution in [0.3, 0.4) is 0 Å². The lowest BCUT2D eigenvalue weighted by molar-refractivity contribution is -0.116. The summed E-state index contributed by atoms with van der Waals surface area (Å²) in [6.45, 7) is 0.973. The first kappa shape index (κ1) is 16.8. The lowest BCUT2D eigenvalue weighted by atomic mass is 10.1. The maximum absolute atomic E-state index is 12.0. The molecule has 5 nitrogen and oxygen atoms in total. The van der Waals surface area contributed by atoms with Gasteiger partial charge < -0.3 is 10.1 Å². The minimum atomic E-state index is -0.179. The summed E-state index contributed by atoms with van der Waals surface area (Å²) in [5.41, 5.74) is 4.39. The number of carbonyl (C=O) groups is 1. The number of fused-ring (bicyclic) bond motifs is 1. The lowest BCUT2D eigenvalue weighted by Gasteiger charge is -2.08. The number of aromatic nitrogens is 2. The number of ether oxygens (including phenoxy) is 1. The van der Waals surface area contributed by atoms with Crippen LogP contribution in [0.5, 0.6) is 0 Å². The molecule has 1 N–H and O–H groups in total. The van der Waals surface area contributed by atoms with Gasteiger partial charge in [-0.3, -0.25) is 9.78 Å². The fourth-order valence-electron chi connectivity index (χ4n) is 2.48. The molecule has 3 rings (SSSR count). The third-order valence-electron chi connectivity index (χ3n) is 3.74. The number of para-hydroxylation sites is 2. The average Bonchev–Trinajstić information content (AvgIpc) is 2.66. The standard InChI is InChI=1S/C20H19N3O2/c1-25-14-16-7-3-2-6-15(16)12-22-20(24)11-10-17-13-21-18-8-4-5-9-19(18)23-17/h2-11,13H,12,14H2,1H3,(H,22,24)/b11-10+. The Labute approximate surface area is 146 Å². The van der Waals surface area contributed by atoms with E-state index in [9.17, 15) is 4.79 Å². The van der Waals surface area contributed by atoms with Crippen molar-refractivity contribution >= 4 is 23.0 Å². The minimum absolute atomic E-state index is 0.179. The zero-order valence-corrected chi connectivity index (χ0v) is 14.0. The van der Waals surface area contributed by atoms with Gasteiger partial charge >= 0.3 is 0 Å². The fourth-order valence-corrected chi connectivity index (χ4v) is 2.48. The molecule has 25 heavy (non-hydrogen) atoms. The summed E-state index contributed by atoms with van der Waals surface area (Å²) in [4.78, 5) is 20.8. The van der Waals surface area contributed by atoms with Crippen molar-refractivity contribution in [2.75, 3.05) is 7.11 Å². The number of rotatable bonds is 6. The van der Waals surface area contributed by atoms with Gasteiger partial charge in [0.25, 0.3) is 0 Å². The number of nitrogens with one attached hydrogen (secondary N) is 1. The summed E-state index contributed by atoms with van der Waals surface area (Å²) in [5, 5.41) is 2.88. The summed E-state index contributed by atoms with van der Waals surface area (Å²) in [6, 6.07) is 15.5. The van der Waals surface area contributed by atoms with Gasteiger partial charge in [0.1, 0.15) is 0 Å². The van der Waals surface area contributed by atoms with Crippen molar-refractivity contribution in [1.82, 2.24) is 15.3 Å². The number of methoxy groups -OCH3 is 1. The van der Waals surface area contributed by atoms with Crippen LogP contribution in [-0.2, 0) is 22.7 Å². The highest BCUT2D eigenvalue weighted by Gasteiger charge is 2.03. The highest BCUT2D eigenvalue weighted by atomic mass is 16.5. The van der Waals surface area contributed by atoms with Gasteiger partial charge in [0.15, 0.2) is 0 Å². The molecule has 1 aromatic heterocycles. The van der Waals surface area contributed by atoms with E-state index in [-0.39, 0.29) is 5.91 Å². The van der Waals surface area contributed by atoms with Crippen LogP contribution in [0, 0.1) is 0 Å². The van der Waals surface area contributed by atoms with Crippen LogP contribution in [0.25, 0.3) is 17.1 Å². The third-order valence-corrected chi connectivity index (χ3v) is 3.74. The van der Waals surface area contributed by atoms with E-state index < -0.39 is 0 Å². The molecule has 126 valence electrons. The molecule has 0 bridgehead atoms. The molecule has 0 unspecified atom stereocenters. The van der Waals surface area contributed by atoms with Crippen molar-refractivity contribution in [2.45, 2.75) is 13.2 Å². The zero-order valence-electron chi connectivity index (χ0n) is 14.0. The van der Waals surface area contributed by atoms with Crippen molar-refractivity contribution < 1.29 is 9.53 Å². The van der Waals surface area contributed by atoms with Crippen molar-refractivity contribution in [3.8, 4) is 0 Å². The number of hydrogen-bond donors (Lipinski definition) is 1. The predicted molar refractivity (Wildman–Crippen MR) is 97.6 cm³/mol. The average molecular weight is 333 g/mol. The van der Waals surface area contributed by atoms with Crippen LogP contribution in [0.4, 0.5) is 0 Å². The van der Waals surface area contributed by atoms with Crippen molar-refractivity contribution in [1.29, 1.82) is 0 Å². The van der Waals surface area contributed by atoms with Gasteiger partial charge in [0, 0.05) is 19.7 Å². The Bertz CT molecular complexity index is 906. The van der Waals surface area contributed by atoms with E-state index in [1.54, 1.807) is 19.4 Å². The van der Waals surface area contributed by atoms with E-state index in [2.05, 4.69) is 15.3 Å². The van der Waals surface area contributed by atoms with Crippen LogP contribution in [0.15, 0.2) is 60.8 Å². The van der Waals surface area contributed by atoms with Gasteiger partial charge in [-0.1, -0.05) is 36.4 Å². The fraction of sp³-hybridized carbons (Fsp3) is 0.150. The second-order valence-corrected chi connectivity index (χ2v) is 5.54. The van der Waals surface area contributed by atoms with Crippen molar-refractivity contribution in [3.63, 3.8) is 0 Å². The molecule has 0 saturated carbocycles. The summed E-state index contributed by atoms with van der Waals surface area (Å²) < 4.78 is 5.17.